The highest BCUT2D eigenvalue weighted by atomic mass is 16.5. The summed E-state index contributed by atoms with van der Waals surface area (Å²) in [4.78, 5) is 22.6. The van der Waals surface area contributed by atoms with Gasteiger partial charge < -0.3 is 9.47 Å². The van der Waals surface area contributed by atoms with E-state index in [4.69, 9.17) is 9.47 Å². The monoisotopic (exact) mass is 400 g/mol. The third-order valence-corrected chi connectivity index (χ3v) is 4.28. The van der Waals surface area contributed by atoms with Crippen LogP contribution in [0.2, 0.25) is 0 Å². The van der Waals surface area contributed by atoms with Gasteiger partial charge in [-0.2, -0.15) is 0 Å². The van der Waals surface area contributed by atoms with E-state index in [0.29, 0.717) is 5.75 Å². The standard InChI is InChI=1S/C26H24O4/c1-6-20-17-23(30-26(28)8-3)15-16-24(20)22-13-11-21(12-14-22)18(4)9-10-19(5)29-25(27)7-2/h7-17H,2-6H2,1H3/b10-9-. The number of esters is 2. The minimum atomic E-state index is -0.559. The molecule has 0 amide bonds. The van der Waals surface area contributed by atoms with Gasteiger partial charge >= 0.3 is 11.9 Å². The SMILES string of the molecule is C=CC(=O)OC(=C)/C=C\C(=C)c1ccc(-c2ccc(OC(=O)C=C)cc2CC)cc1. The molecule has 2 rings (SSSR count). The molecule has 0 unspecified atom stereocenters. The highest BCUT2D eigenvalue weighted by molar-refractivity contribution is 5.84. The maximum Gasteiger partial charge on any atom is 0.335 e. The fourth-order valence-corrected chi connectivity index (χ4v) is 2.72. The first kappa shape index (κ1) is 22.4. The molecule has 0 saturated carbocycles. The molecule has 0 aliphatic rings. The quantitative estimate of drug-likeness (QED) is 0.175. The summed E-state index contributed by atoms with van der Waals surface area (Å²) < 4.78 is 10.1. The molecule has 2 aromatic carbocycles. The Morgan fingerprint density at radius 1 is 0.933 bits per heavy atom. The first-order valence-electron chi connectivity index (χ1n) is 9.36. The molecule has 0 fully saturated rings. The molecule has 0 N–H and O–H groups in total. The third-order valence-electron chi connectivity index (χ3n) is 4.28. The largest absolute Gasteiger partial charge is 0.424 e. The van der Waals surface area contributed by atoms with E-state index in [2.05, 4.69) is 26.3 Å². The average molecular weight is 400 g/mol. The number of hydrogen-bond donors (Lipinski definition) is 0. The van der Waals surface area contributed by atoms with E-state index in [1.165, 1.54) is 0 Å². The Kier molecular flexibility index (Phi) is 7.89. The second-order valence-corrected chi connectivity index (χ2v) is 6.33. The Morgan fingerprint density at radius 2 is 1.60 bits per heavy atom. The summed E-state index contributed by atoms with van der Waals surface area (Å²) in [5.74, 6) is -0.338. The number of rotatable bonds is 9. The molecule has 4 nitrogen and oxygen atoms in total. The zero-order valence-electron chi connectivity index (χ0n) is 17.0. The highest BCUT2D eigenvalue weighted by Gasteiger charge is 2.08. The van der Waals surface area contributed by atoms with Crippen LogP contribution in [-0.4, -0.2) is 11.9 Å². The van der Waals surface area contributed by atoms with E-state index in [1.807, 2.05) is 43.3 Å². The normalized spacial score (nSPS) is 10.3. The summed E-state index contributed by atoms with van der Waals surface area (Å²) in [7, 11) is 0. The van der Waals surface area contributed by atoms with Crippen molar-refractivity contribution < 1.29 is 19.1 Å². The molecule has 0 heterocycles. The number of hydrogen-bond acceptors (Lipinski definition) is 4. The summed E-state index contributed by atoms with van der Waals surface area (Å²) in [5.41, 5.74) is 4.84. The summed E-state index contributed by atoms with van der Waals surface area (Å²) in [6.07, 6.45) is 6.31. The molecule has 0 saturated heterocycles. The van der Waals surface area contributed by atoms with Crippen LogP contribution in [0.1, 0.15) is 18.1 Å². The van der Waals surface area contributed by atoms with Gasteiger partial charge in [0.25, 0.3) is 0 Å². The summed E-state index contributed by atoms with van der Waals surface area (Å²) >= 11 is 0. The molecular weight excluding hydrogens is 376 g/mol. The molecule has 2 aromatic rings. The predicted molar refractivity (Wildman–Crippen MR) is 121 cm³/mol. The average Bonchev–Trinajstić information content (AvgIpc) is 2.77. The van der Waals surface area contributed by atoms with Crippen LogP contribution in [0, 0.1) is 0 Å². The van der Waals surface area contributed by atoms with Crippen molar-refractivity contribution in [3.8, 4) is 16.9 Å². The lowest BCUT2D eigenvalue weighted by molar-refractivity contribution is -0.133. The molecule has 0 spiro atoms. The van der Waals surface area contributed by atoms with Crippen molar-refractivity contribution in [3.05, 3.63) is 110 Å². The summed E-state index contributed by atoms with van der Waals surface area (Å²) in [6.45, 7) is 16.5. The lowest BCUT2D eigenvalue weighted by Crippen LogP contribution is -2.03. The molecule has 0 radical (unpaired) electrons. The second kappa shape index (κ2) is 10.6. The van der Waals surface area contributed by atoms with Crippen LogP contribution in [0.3, 0.4) is 0 Å². The van der Waals surface area contributed by atoms with Crippen molar-refractivity contribution in [2.24, 2.45) is 0 Å². The van der Waals surface area contributed by atoms with Gasteiger partial charge in [-0.1, -0.05) is 69.6 Å². The number of aryl methyl sites for hydroxylation is 1. The van der Waals surface area contributed by atoms with Crippen LogP contribution >= 0.6 is 0 Å². The van der Waals surface area contributed by atoms with Crippen molar-refractivity contribution in [2.75, 3.05) is 0 Å². The fourth-order valence-electron chi connectivity index (χ4n) is 2.72. The summed E-state index contributed by atoms with van der Waals surface area (Å²) in [5, 5.41) is 0. The van der Waals surface area contributed by atoms with Crippen LogP contribution in [-0.2, 0) is 20.7 Å². The van der Waals surface area contributed by atoms with E-state index in [1.54, 1.807) is 18.2 Å². The van der Waals surface area contributed by atoms with Crippen LogP contribution in [0.15, 0.2) is 98.8 Å². The van der Waals surface area contributed by atoms with E-state index in [9.17, 15) is 9.59 Å². The first-order chi connectivity index (χ1) is 14.4. The van der Waals surface area contributed by atoms with Crippen molar-refractivity contribution in [2.45, 2.75) is 13.3 Å². The van der Waals surface area contributed by atoms with Crippen LogP contribution < -0.4 is 4.74 Å². The first-order valence-corrected chi connectivity index (χ1v) is 9.36. The zero-order chi connectivity index (χ0) is 22.1. The van der Waals surface area contributed by atoms with E-state index < -0.39 is 11.9 Å². The molecule has 30 heavy (non-hydrogen) atoms. The molecule has 0 aliphatic carbocycles. The van der Waals surface area contributed by atoms with Gasteiger partial charge in [-0.15, -0.1) is 0 Å². The smallest absolute Gasteiger partial charge is 0.335 e. The Labute approximate surface area is 177 Å². The van der Waals surface area contributed by atoms with Gasteiger partial charge in [0.2, 0.25) is 0 Å². The number of carbonyl (C=O) groups is 2. The molecule has 0 bridgehead atoms. The van der Waals surface area contributed by atoms with Gasteiger partial charge in [0.1, 0.15) is 11.5 Å². The number of carbonyl (C=O) groups excluding carboxylic acids is 2. The highest BCUT2D eigenvalue weighted by Crippen LogP contribution is 2.29. The fraction of sp³-hybridized carbons (Fsp3) is 0.0769. The molecule has 0 aromatic heterocycles. The van der Waals surface area contributed by atoms with Gasteiger partial charge in [0.05, 0.1) is 0 Å². The Balaban J connectivity index is 2.16. The van der Waals surface area contributed by atoms with Crippen molar-refractivity contribution in [3.63, 3.8) is 0 Å². The number of ether oxygens (including phenoxy) is 2. The molecular formula is C26H24O4. The Morgan fingerprint density at radius 3 is 2.20 bits per heavy atom. The van der Waals surface area contributed by atoms with Crippen molar-refractivity contribution >= 4 is 17.5 Å². The van der Waals surface area contributed by atoms with Crippen molar-refractivity contribution in [1.29, 1.82) is 0 Å². The molecule has 152 valence electrons. The van der Waals surface area contributed by atoms with Crippen LogP contribution in [0.25, 0.3) is 16.7 Å². The van der Waals surface area contributed by atoms with E-state index in [-0.39, 0.29) is 5.76 Å². The second-order valence-electron chi connectivity index (χ2n) is 6.33. The molecule has 4 heteroatoms. The van der Waals surface area contributed by atoms with E-state index in [0.717, 1.165) is 46.4 Å². The molecule has 0 atom stereocenters. The van der Waals surface area contributed by atoms with Crippen molar-refractivity contribution in [1.82, 2.24) is 0 Å². The minimum Gasteiger partial charge on any atom is -0.424 e. The predicted octanol–water partition coefficient (Wildman–Crippen LogP) is 5.82. The Bertz CT molecular complexity index is 1020. The topological polar surface area (TPSA) is 52.6 Å². The lowest BCUT2D eigenvalue weighted by Gasteiger charge is -2.11. The third kappa shape index (κ3) is 6.04. The lowest BCUT2D eigenvalue weighted by atomic mass is 9.96. The maximum absolute atomic E-state index is 11.4. The Hall–Kier alpha value is -3.92. The minimum absolute atomic E-state index is 0.211. The van der Waals surface area contributed by atoms with Crippen LogP contribution in [0.4, 0.5) is 0 Å². The van der Waals surface area contributed by atoms with Gasteiger partial charge in [0.15, 0.2) is 0 Å². The number of benzene rings is 2. The number of allylic oxidation sites excluding steroid dienone is 3. The van der Waals surface area contributed by atoms with E-state index >= 15 is 0 Å². The zero-order valence-corrected chi connectivity index (χ0v) is 17.0. The van der Waals surface area contributed by atoms with Gasteiger partial charge in [-0.25, -0.2) is 9.59 Å². The molecule has 0 aliphatic heterocycles. The van der Waals surface area contributed by atoms with Gasteiger partial charge in [-0.3, -0.25) is 0 Å². The maximum atomic E-state index is 11.4. The van der Waals surface area contributed by atoms with Gasteiger partial charge in [0, 0.05) is 12.2 Å². The van der Waals surface area contributed by atoms with Gasteiger partial charge in [-0.05, 0) is 52.5 Å². The summed E-state index contributed by atoms with van der Waals surface area (Å²) in [6, 6.07) is 13.5. The van der Waals surface area contributed by atoms with Crippen LogP contribution in [0.5, 0.6) is 5.75 Å².